The number of amides is 1. The van der Waals surface area contributed by atoms with Crippen molar-refractivity contribution < 1.29 is 14.7 Å². The van der Waals surface area contributed by atoms with Crippen molar-refractivity contribution in [3.8, 4) is 11.8 Å². The predicted molar refractivity (Wildman–Crippen MR) is 135 cm³/mol. The number of benzene rings is 2. The Labute approximate surface area is 203 Å². The zero-order valence-electron chi connectivity index (χ0n) is 19.9. The van der Waals surface area contributed by atoms with Gasteiger partial charge in [0.2, 0.25) is 0 Å². The third-order valence-corrected chi connectivity index (χ3v) is 6.60. The van der Waals surface area contributed by atoms with E-state index < -0.39 is 24.3 Å². The number of aryl methyl sites for hydroxylation is 1. The second kappa shape index (κ2) is 13.7. The minimum absolute atomic E-state index is 0.0614. The molecule has 34 heavy (non-hydrogen) atoms. The number of ketones is 1. The van der Waals surface area contributed by atoms with Crippen molar-refractivity contribution in [2.75, 3.05) is 13.2 Å². The molecule has 1 fully saturated rings. The van der Waals surface area contributed by atoms with Crippen LogP contribution in [-0.2, 0) is 11.2 Å². The molecule has 0 spiro atoms. The molecule has 5 nitrogen and oxygen atoms in total. The first-order chi connectivity index (χ1) is 16.6. The fourth-order valence-electron chi connectivity index (χ4n) is 4.43. The second-order valence-electron chi connectivity index (χ2n) is 9.16. The van der Waals surface area contributed by atoms with Crippen LogP contribution in [-0.4, -0.2) is 36.0 Å². The molecular weight excluding hydrogens is 424 g/mol. The van der Waals surface area contributed by atoms with Crippen LogP contribution in [0.2, 0.25) is 0 Å². The van der Waals surface area contributed by atoms with Crippen molar-refractivity contribution in [1.29, 1.82) is 0 Å². The molecule has 1 amide bonds. The van der Waals surface area contributed by atoms with Crippen LogP contribution in [0.5, 0.6) is 0 Å². The fourth-order valence-corrected chi connectivity index (χ4v) is 4.43. The maximum atomic E-state index is 12.3. The number of nitrogens with one attached hydrogen (secondary N) is 1. The Morgan fingerprint density at radius 1 is 0.912 bits per heavy atom. The van der Waals surface area contributed by atoms with E-state index in [4.69, 9.17) is 10.8 Å². The highest BCUT2D eigenvalue weighted by molar-refractivity contribution is 5.98. The maximum absolute atomic E-state index is 12.3. The van der Waals surface area contributed by atoms with Crippen LogP contribution < -0.4 is 11.1 Å². The van der Waals surface area contributed by atoms with E-state index in [9.17, 15) is 9.59 Å². The van der Waals surface area contributed by atoms with Crippen molar-refractivity contribution >= 4 is 11.7 Å². The number of Topliss-reactive ketones (excluding diaryl/α,β-unsaturated/α-hetero) is 1. The molecule has 1 saturated carbocycles. The van der Waals surface area contributed by atoms with Gasteiger partial charge in [-0.05, 0) is 60.7 Å². The van der Waals surface area contributed by atoms with Crippen LogP contribution in [0.4, 0.5) is 0 Å². The SMILES string of the molecule is NC[C@H](NC(=O)c1ccc(C#Cc2ccc(CCC3CCCCCCC3)cc2)cc1)C(=O)CO. The topological polar surface area (TPSA) is 92.4 Å². The van der Waals surface area contributed by atoms with Crippen molar-refractivity contribution in [3.63, 3.8) is 0 Å². The molecule has 0 aromatic heterocycles. The summed E-state index contributed by atoms with van der Waals surface area (Å²) >= 11 is 0. The van der Waals surface area contributed by atoms with E-state index in [0.29, 0.717) is 5.56 Å². The van der Waals surface area contributed by atoms with Gasteiger partial charge in [-0.1, -0.05) is 68.9 Å². The zero-order chi connectivity index (χ0) is 24.2. The molecule has 2 aromatic rings. The minimum Gasteiger partial charge on any atom is -0.388 e. The summed E-state index contributed by atoms with van der Waals surface area (Å²) in [6.45, 7) is -0.716. The number of hydrogen-bond acceptors (Lipinski definition) is 4. The van der Waals surface area contributed by atoms with Gasteiger partial charge in [-0.2, -0.15) is 0 Å². The Morgan fingerprint density at radius 2 is 1.47 bits per heavy atom. The third-order valence-electron chi connectivity index (χ3n) is 6.60. The third kappa shape index (κ3) is 8.13. The lowest BCUT2D eigenvalue weighted by Gasteiger charge is -2.19. The Morgan fingerprint density at radius 3 is 2.03 bits per heavy atom. The van der Waals surface area contributed by atoms with Gasteiger partial charge in [0, 0.05) is 23.2 Å². The Bertz CT molecular complexity index is 979. The quantitative estimate of drug-likeness (QED) is 0.519. The second-order valence-corrected chi connectivity index (χ2v) is 9.16. The first-order valence-corrected chi connectivity index (χ1v) is 12.4. The monoisotopic (exact) mass is 460 g/mol. The standard InChI is InChI=1S/C29H36N2O3/c30-20-27(28(33)21-32)31-29(34)26-18-16-25(17-19-26)15-14-24-12-10-23(11-13-24)9-8-22-6-4-2-1-3-5-7-22/h10-13,16-19,22,27,32H,1-9,20-21,30H2,(H,31,34)/t27-/m0/s1. The van der Waals surface area contributed by atoms with Gasteiger partial charge in [0.15, 0.2) is 5.78 Å². The van der Waals surface area contributed by atoms with Gasteiger partial charge in [-0.25, -0.2) is 0 Å². The van der Waals surface area contributed by atoms with E-state index in [2.05, 4.69) is 41.4 Å². The lowest BCUT2D eigenvalue weighted by Crippen LogP contribution is -2.46. The Kier molecular flexibility index (Phi) is 10.3. The van der Waals surface area contributed by atoms with E-state index in [0.717, 1.165) is 23.5 Å². The molecule has 5 heteroatoms. The van der Waals surface area contributed by atoms with Crippen molar-refractivity contribution in [1.82, 2.24) is 5.32 Å². The van der Waals surface area contributed by atoms with Crippen molar-refractivity contribution in [2.24, 2.45) is 11.7 Å². The highest BCUT2D eigenvalue weighted by Crippen LogP contribution is 2.26. The van der Waals surface area contributed by atoms with Gasteiger partial charge in [-0.15, -0.1) is 0 Å². The first-order valence-electron chi connectivity index (χ1n) is 12.4. The van der Waals surface area contributed by atoms with E-state index in [-0.39, 0.29) is 6.54 Å². The average molecular weight is 461 g/mol. The van der Waals surface area contributed by atoms with E-state index >= 15 is 0 Å². The maximum Gasteiger partial charge on any atom is 0.251 e. The normalized spacial score (nSPS) is 15.4. The summed E-state index contributed by atoms with van der Waals surface area (Å²) in [5.41, 5.74) is 9.04. The van der Waals surface area contributed by atoms with Crippen LogP contribution in [0, 0.1) is 17.8 Å². The van der Waals surface area contributed by atoms with E-state index in [1.165, 1.54) is 56.9 Å². The summed E-state index contributed by atoms with van der Waals surface area (Å²) in [7, 11) is 0. The van der Waals surface area contributed by atoms with Crippen LogP contribution in [0.3, 0.4) is 0 Å². The molecule has 0 bridgehead atoms. The number of rotatable bonds is 8. The number of aliphatic hydroxyl groups excluding tert-OH is 1. The molecule has 1 aliphatic rings. The Hall–Kier alpha value is -2.94. The van der Waals surface area contributed by atoms with Crippen LogP contribution in [0.1, 0.15) is 78.4 Å². The van der Waals surface area contributed by atoms with Gasteiger partial charge >= 0.3 is 0 Å². The molecular formula is C29H36N2O3. The minimum atomic E-state index is -0.892. The summed E-state index contributed by atoms with van der Waals surface area (Å²) in [6.07, 6.45) is 12.2. The highest BCUT2D eigenvalue weighted by Gasteiger charge is 2.18. The molecule has 3 rings (SSSR count). The highest BCUT2D eigenvalue weighted by atomic mass is 16.3. The number of carbonyl (C=O) groups is 2. The number of hydrogen-bond donors (Lipinski definition) is 3. The predicted octanol–water partition coefficient (Wildman–Crippen LogP) is 4.00. The molecule has 2 aromatic carbocycles. The molecule has 0 heterocycles. The Balaban J connectivity index is 1.52. The van der Waals surface area contributed by atoms with Gasteiger partial charge in [0.25, 0.3) is 5.91 Å². The first kappa shape index (κ1) is 25.7. The molecule has 1 aliphatic carbocycles. The number of nitrogens with two attached hydrogens (primary N) is 1. The summed E-state index contributed by atoms with van der Waals surface area (Å²) in [4.78, 5) is 23.9. The molecule has 180 valence electrons. The van der Waals surface area contributed by atoms with Crippen LogP contribution in [0.15, 0.2) is 48.5 Å². The summed E-state index contributed by atoms with van der Waals surface area (Å²) in [6, 6.07) is 14.5. The van der Waals surface area contributed by atoms with Gasteiger partial charge in [0.05, 0.1) is 0 Å². The molecule has 0 radical (unpaired) electrons. The fraction of sp³-hybridized carbons (Fsp3) is 0.448. The average Bonchev–Trinajstić information content (AvgIpc) is 2.85. The molecule has 0 aliphatic heterocycles. The van der Waals surface area contributed by atoms with E-state index in [1.54, 1.807) is 24.3 Å². The summed E-state index contributed by atoms with van der Waals surface area (Å²) in [5.74, 6) is 6.27. The smallest absolute Gasteiger partial charge is 0.251 e. The van der Waals surface area contributed by atoms with Crippen LogP contribution in [0.25, 0.3) is 0 Å². The molecule has 1 atom stereocenters. The zero-order valence-corrected chi connectivity index (χ0v) is 19.9. The van der Waals surface area contributed by atoms with Gasteiger partial charge in [-0.3, -0.25) is 9.59 Å². The van der Waals surface area contributed by atoms with Crippen molar-refractivity contribution in [3.05, 3.63) is 70.8 Å². The summed E-state index contributed by atoms with van der Waals surface area (Å²) in [5, 5.41) is 11.5. The van der Waals surface area contributed by atoms with E-state index in [1.807, 2.05) is 0 Å². The van der Waals surface area contributed by atoms with Gasteiger partial charge < -0.3 is 16.2 Å². The summed E-state index contributed by atoms with van der Waals surface area (Å²) < 4.78 is 0. The number of aliphatic hydroxyl groups is 1. The van der Waals surface area contributed by atoms with Crippen molar-refractivity contribution in [2.45, 2.75) is 63.8 Å². The largest absolute Gasteiger partial charge is 0.388 e. The van der Waals surface area contributed by atoms with Crippen LogP contribution >= 0.6 is 0 Å². The molecule has 4 N–H and O–H groups in total. The molecule has 0 unspecified atom stereocenters. The lowest BCUT2D eigenvalue weighted by molar-refractivity contribution is -0.123. The van der Waals surface area contributed by atoms with Gasteiger partial charge in [0.1, 0.15) is 12.6 Å². The lowest BCUT2D eigenvalue weighted by atomic mass is 9.87. The number of carbonyl (C=O) groups excluding carboxylic acids is 2. The molecule has 0 saturated heterocycles.